The minimum absolute atomic E-state index is 0.0389. The number of likely N-dealkylation sites (tertiary alicyclic amines) is 1. The van der Waals surface area contributed by atoms with E-state index in [1.807, 2.05) is 18.2 Å². The second-order valence-electron chi connectivity index (χ2n) is 7.02. The summed E-state index contributed by atoms with van der Waals surface area (Å²) in [5, 5.41) is 0. The van der Waals surface area contributed by atoms with E-state index < -0.39 is 9.84 Å². The zero-order chi connectivity index (χ0) is 17.2. The highest BCUT2D eigenvalue weighted by atomic mass is 32.2. The molecule has 0 saturated carbocycles. The van der Waals surface area contributed by atoms with Crippen molar-refractivity contribution in [2.75, 3.05) is 31.6 Å². The Hall–Kier alpha value is -1.40. The van der Waals surface area contributed by atoms with E-state index in [9.17, 15) is 13.2 Å². The van der Waals surface area contributed by atoms with Crippen molar-refractivity contribution in [3.8, 4) is 0 Å². The van der Waals surface area contributed by atoms with E-state index in [0.717, 1.165) is 25.8 Å². The molecule has 2 fully saturated rings. The normalized spacial score (nSPS) is 26.5. The van der Waals surface area contributed by atoms with Crippen molar-refractivity contribution < 1.29 is 13.2 Å². The van der Waals surface area contributed by atoms with Crippen molar-refractivity contribution in [1.29, 1.82) is 0 Å². The summed E-state index contributed by atoms with van der Waals surface area (Å²) in [6, 6.07) is 10.6. The monoisotopic (exact) mass is 350 g/mol. The molecule has 0 bridgehead atoms. The van der Waals surface area contributed by atoms with E-state index >= 15 is 0 Å². The van der Waals surface area contributed by atoms with Gasteiger partial charge in [0.25, 0.3) is 0 Å². The lowest BCUT2D eigenvalue weighted by atomic mass is 10.0. The van der Waals surface area contributed by atoms with Crippen LogP contribution >= 0.6 is 0 Å². The van der Waals surface area contributed by atoms with E-state index in [0.29, 0.717) is 19.0 Å². The molecule has 6 heteroatoms. The van der Waals surface area contributed by atoms with Gasteiger partial charge in [-0.15, -0.1) is 0 Å². The van der Waals surface area contributed by atoms with Gasteiger partial charge in [0.15, 0.2) is 9.84 Å². The third-order valence-electron chi connectivity index (χ3n) is 5.30. The Morgan fingerprint density at radius 3 is 2.67 bits per heavy atom. The molecule has 5 nitrogen and oxygen atoms in total. The average Bonchev–Trinajstić information content (AvgIpc) is 3.14. The van der Waals surface area contributed by atoms with E-state index in [2.05, 4.69) is 17.0 Å². The summed E-state index contributed by atoms with van der Waals surface area (Å²) in [5.74, 6) is 0.357. The number of likely N-dealkylation sites (N-methyl/N-ethyl adjacent to an activating group) is 1. The smallest absolute Gasteiger partial charge is 0.236 e. The van der Waals surface area contributed by atoms with Gasteiger partial charge in [-0.05, 0) is 37.8 Å². The lowest BCUT2D eigenvalue weighted by Gasteiger charge is -2.29. The quantitative estimate of drug-likeness (QED) is 0.804. The predicted molar refractivity (Wildman–Crippen MR) is 94.6 cm³/mol. The first-order chi connectivity index (χ1) is 11.4. The molecule has 2 unspecified atom stereocenters. The first-order valence-electron chi connectivity index (χ1n) is 8.69. The van der Waals surface area contributed by atoms with Crippen LogP contribution in [0, 0.1) is 0 Å². The molecule has 132 valence electrons. The maximum absolute atomic E-state index is 12.6. The van der Waals surface area contributed by atoms with Crippen LogP contribution in [-0.4, -0.2) is 67.9 Å². The van der Waals surface area contributed by atoms with E-state index in [-0.39, 0.29) is 23.5 Å². The number of amides is 1. The largest absolute Gasteiger partial charge is 0.341 e. The Morgan fingerprint density at radius 2 is 2.00 bits per heavy atom. The molecule has 2 saturated heterocycles. The van der Waals surface area contributed by atoms with Gasteiger partial charge >= 0.3 is 0 Å². The Morgan fingerprint density at radius 1 is 1.25 bits per heavy atom. The highest BCUT2D eigenvalue weighted by molar-refractivity contribution is 7.91. The van der Waals surface area contributed by atoms with Crippen LogP contribution < -0.4 is 0 Å². The van der Waals surface area contributed by atoms with Crippen molar-refractivity contribution in [3.63, 3.8) is 0 Å². The first kappa shape index (κ1) is 17.4. The zero-order valence-corrected chi connectivity index (χ0v) is 15.0. The van der Waals surface area contributed by atoms with Gasteiger partial charge in [0, 0.05) is 19.1 Å². The molecule has 2 aliphatic heterocycles. The van der Waals surface area contributed by atoms with Gasteiger partial charge < -0.3 is 4.90 Å². The number of rotatable bonds is 5. The third-order valence-corrected chi connectivity index (χ3v) is 7.05. The molecule has 0 N–H and O–H groups in total. The van der Waals surface area contributed by atoms with E-state index in [1.165, 1.54) is 5.56 Å². The Balaban J connectivity index is 1.57. The van der Waals surface area contributed by atoms with Crippen molar-refractivity contribution >= 4 is 15.7 Å². The molecular weight excluding hydrogens is 324 g/mol. The molecule has 0 radical (unpaired) electrons. The van der Waals surface area contributed by atoms with Gasteiger partial charge in [-0.25, -0.2) is 8.42 Å². The van der Waals surface area contributed by atoms with Gasteiger partial charge in [0.05, 0.1) is 18.1 Å². The molecular formula is C18H26N2O3S. The van der Waals surface area contributed by atoms with Crippen molar-refractivity contribution in [1.82, 2.24) is 9.80 Å². The lowest BCUT2D eigenvalue weighted by molar-refractivity contribution is -0.133. The second-order valence-corrected chi connectivity index (χ2v) is 9.25. The summed E-state index contributed by atoms with van der Waals surface area (Å²) >= 11 is 0. The Labute approximate surface area is 144 Å². The van der Waals surface area contributed by atoms with Gasteiger partial charge in [-0.3, -0.25) is 9.69 Å². The molecule has 24 heavy (non-hydrogen) atoms. The average molecular weight is 350 g/mol. The van der Waals surface area contributed by atoms with E-state index in [4.69, 9.17) is 0 Å². The zero-order valence-electron chi connectivity index (χ0n) is 14.2. The Bertz CT molecular complexity index is 675. The summed E-state index contributed by atoms with van der Waals surface area (Å²) in [6.07, 6.45) is 3.77. The van der Waals surface area contributed by atoms with Crippen molar-refractivity contribution in [2.45, 2.75) is 37.8 Å². The molecule has 1 amide bonds. The SMILES string of the molecule is CN(C(=O)CN1CCCC1Cc1ccccc1)C1CCS(=O)(=O)C1. The number of hydrogen-bond acceptors (Lipinski definition) is 4. The summed E-state index contributed by atoms with van der Waals surface area (Å²) < 4.78 is 23.2. The highest BCUT2D eigenvalue weighted by Gasteiger charge is 2.34. The molecule has 0 spiro atoms. The van der Waals surface area contributed by atoms with E-state index in [1.54, 1.807) is 11.9 Å². The fourth-order valence-electron chi connectivity index (χ4n) is 3.79. The summed E-state index contributed by atoms with van der Waals surface area (Å²) in [7, 11) is -1.21. The number of sulfone groups is 1. The third kappa shape index (κ3) is 4.16. The minimum atomic E-state index is -2.96. The number of hydrogen-bond donors (Lipinski definition) is 0. The summed E-state index contributed by atoms with van der Waals surface area (Å²) in [4.78, 5) is 16.5. The fraction of sp³-hybridized carbons (Fsp3) is 0.611. The standard InChI is InChI=1S/C18H26N2O3S/c1-19(17-9-11-24(22,23)14-17)18(21)13-20-10-5-8-16(20)12-15-6-3-2-4-7-15/h2-4,6-7,16-17H,5,8-14H2,1H3. The predicted octanol–water partition coefficient (Wildman–Crippen LogP) is 1.34. The van der Waals surface area contributed by atoms with Crippen LogP contribution in [0.25, 0.3) is 0 Å². The molecule has 2 atom stereocenters. The Kier molecular flexibility index (Phi) is 5.25. The van der Waals surface area contributed by atoms with Crippen LogP contribution in [-0.2, 0) is 21.1 Å². The fourth-order valence-corrected chi connectivity index (χ4v) is 5.56. The highest BCUT2D eigenvalue weighted by Crippen LogP contribution is 2.22. The number of benzene rings is 1. The first-order valence-corrected chi connectivity index (χ1v) is 10.5. The molecule has 2 aliphatic rings. The maximum Gasteiger partial charge on any atom is 0.236 e. The number of carbonyl (C=O) groups is 1. The van der Waals surface area contributed by atoms with Crippen LogP contribution in [0.5, 0.6) is 0 Å². The lowest BCUT2D eigenvalue weighted by Crippen LogP contribution is -2.45. The van der Waals surface area contributed by atoms with Gasteiger partial charge in [-0.2, -0.15) is 0 Å². The van der Waals surface area contributed by atoms with Crippen LogP contribution in [0.15, 0.2) is 30.3 Å². The topological polar surface area (TPSA) is 57.7 Å². The molecule has 1 aromatic rings. The molecule has 1 aromatic carbocycles. The molecule has 3 rings (SSSR count). The van der Waals surface area contributed by atoms with Crippen LogP contribution in [0.1, 0.15) is 24.8 Å². The van der Waals surface area contributed by atoms with Gasteiger partial charge in [0.2, 0.25) is 5.91 Å². The van der Waals surface area contributed by atoms with Crippen LogP contribution in [0.4, 0.5) is 0 Å². The van der Waals surface area contributed by atoms with Gasteiger partial charge in [-0.1, -0.05) is 30.3 Å². The van der Waals surface area contributed by atoms with Crippen LogP contribution in [0.3, 0.4) is 0 Å². The maximum atomic E-state index is 12.6. The molecule has 0 aliphatic carbocycles. The van der Waals surface area contributed by atoms with Gasteiger partial charge in [0.1, 0.15) is 0 Å². The second kappa shape index (κ2) is 7.23. The summed E-state index contributed by atoms with van der Waals surface area (Å²) in [5.41, 5.74) is 1.30. The number of nitrogens with zero attached hydrogens (tertiary/aromatic N) is 2. The minimum Gasteiger partial charge on any atom is -0.341 e. The molecule has 2 heterocycles. The number of carbonyl (C=O) groups excluding carboxylic acids is 1. The van der Waals surface area contributed by atoms with Crippen molar-refractivity contribution in [3.05, 3.63) is 35.9 Å². The molecule has 0 aromatic heterocycles. The summed E-state index contributed by atoms with van der Waals surface area (Å²) in [6.45, 7) is 1.34. The van der Waals surface area contributed by atoms with Crippen LogP contribution in [0.2, 0.25) is 0 Å². The van der Waals surface area contributed by atoms with Crippen molar-refractivity contribution in [2.24, 2.45) is 0 Å².